The summed E-state index contributed by atoms with van der Waals surface area (Å²) in [7, 11) is -0.671. The van der Waals surface area contributed by atoms with Gasteiger partial charge >= 0.3 is 0 Å². The van der Waals surface area contributed by atoms with Crippen LogP contribution in [0.2, 0.25) is 0 Å². The van der Waals surface area contributed by atoms with Gasteiger partial charge in [0.2, 0.25) is 5.88 Å². The second-order valence-electron chi connectivity index (χ2n) is 5.15. The number of rotatable bonds is 4. The Labute approximate surface area is 115 Å². The summed E-state index contributed by atoms with van der Waals surface area (Å²) in [6.07, 6.45) is 2.50. The van der Waals surface area contributed by atoms with Gasteiger partial charge in [0.05, 0.1) is 12.3 Å². The topological polar surface area (TPSA) is 68.5 Å². The van der Waals surface area contributed by atoms with Gasteiger partial charge in [-0.2, -0.15) is 4.98 Å². The standard InChI is InChI=1S/C13H19N3O2S/c14-11-3-4-12(16-5-7-19(17)8-6-16)15-13(11)18-9-10-1-2-10/h3-4,10H,1-2,5-9,14H2. The van der Waals surface area contributed by atoms with Crippen LogP contribution in [0.3, 0.4) is 0 Å². The van der Waals surface area contributed by atoms with Crippen molar-refractivity contribution in [2.45, 2.75) is 12.8 Å². The van der Waals surface area contributed by atoms with Gasteiger partial charge in [-0.25, -0.2) is 0 Å². The van der Waals surface area contributed by atoms with Crippen molar-refractivity contribution in [2.24, 2.45) is 5.92 Å². The molecule has 0 amide bonds. The summed E-state index contributed by atoms with van der Waals surface area (Å²) in [6, 6.07) is 3.75. The highest BCUT2D eigenvalue weighted by atomic mass is 32.2. The molecular weight excluding hydrogens is 262 g/mol. The summed E-state index contributed by atoms with van der Waals surface area (Å²) in [6.45, 7) is 2.28. The first-order valence-electron chi connectivity index (χ1n) is 6.71. The molecule has 19 heavy (non-hydrogen) atoms. The van der Waals surface area contributed by atoms with E-state index in [0.717, 1.165) is 18.9 Å². The van der Waals surface area contributed by atoms with Gasteiger partial charge in [-0.1, -0.05) is 0 Å². The molecule has 0 aromatic carbocycles. The minimum atomic E-state index is -0.671. The molecule has 0 unspecified atom stereocenters. The van der Waals surface area contributed by atoms with E-state index in [2.05, 4.69) is 9.88 Å². The Morgan fingerprint density at radius 1 is 1.37 bits per heavy atom. The summed E-state index contributed by atoms with van der Waals surface area (Å²) in [4.78, 5) is 6.64. The van der Waals surface area contributed by atoms with Crippen molar-refractivity contribution < 1.29 is 8.95 Å². The maximum atomic E-state index is 11.4. The predicted octanol–water partition coefficient (Wildman–Crippen LogP) is 1.02. The first-order chi connectivity index (χ1) is 9.22. The third-order valence-electron chi connectivity index (χ3n) is 3.53. The number of hydrogen-bond donors (Lipinski definition) is 1. The smallest absolute Gasteiger partial charge is 0.239 e. The van der Waals surface area contributed by atoms with E-state index in [9.17, 15) is 4.21 Å². The average molecular weight is 281 g/mol. The number of pyridine rings is 1. The molecule has 1 saturated heterocycles. The second-order valence-corrected chi connectivity index (χ2v) is 6.85. The Hall–Kier alpha value is -1.30. The zero-order valence-electron chi connectivity index (χ0n) is 10.9. The van der Waals surface area contributed by atoms with Gasteiger partial charge < -0.3 is 15.4 Å². The Morgan fingerprint density at radius 3 is 2.79 bits per heavy atom. The van der Waals surface area contributed by atoms with Crippen molar-refractivity contribution in [1.29, 1.82) is 0 Å². The molecule has 1 aromatic rings. The molecule has 2 aliphatic rings. The summed E-state index contributed by atoms with van der Waals surface area (Å²) >= 11 is 0. The quantitative estimate of drug-likeness (QED) is 0.892. The molecule has 5 nitrogen and oxygen atoms in total. The Bertz CT molecular complexity index is 481. The molecule has 1 aliphatic heterocycles. The van der Waals surface area contributed by atoms with Gasteiger partial charge in [-0.05, 0) is 30.9 Å². The van der Waals surface area contributed by atoms with Crippen LogP contribution in [0.4, 0.5) is 11.5 Å². The molecule has 2 fully saturated rings. The number of nitrogen functional groups attached to an aromatic ring is 1. The van der Waals surface area contributed by atoms with Gasteiger partial charge in [0.1, 0.15) is 5.82 Å². The lowest BCUT2D eigenvalue weighted by Crippen LogP contribution is -2.38. The molecule has 0 spiro atoms. The summed E-state index contributed by atoms with van der Waals surface area (Å²) in [5.74, 6) is 3.52. The highest BCUT2D eigenvalue weighted by Crippen LogP contribution is 2.31. The van der Waals surface area contributed by atoms with Gasteiger partial charge in [-0.15, -0.1) is 0 Å². The zero-order chi connectivity index (χ0) is 13.2. The molecular formula is C13H19N3O2S. The molecule has 0 bridgehead atoms. The number of ether oxygens (including phenoxy) is 1. The molecule has 1 aromatic heterocycles. The third kappa shape index (κ3) is 3.18. The Morgan fingerprint density at radius 2 is 2.11 bits per heavy atom. The van der Waals surface area contributed by atoms with E-state index in [4.69, 9.17) is 10.5 Å². The molecule has 1 aliphatic carbocycles. The van der Waals surface area contributed by atoms with E-state index in [-0.39, 0.29) is 0 Å². The van der Waals surface area contributed by atoms with E-state index < -0.39 is 10.8 Å². The normalized spacial score (nSPS) is 20.5. The fourth-order valence-electron chi connectivity index (χ4n) is 2.08. The molecule has 2 heterocycles. The first-order valence-corrected chi connectivity index (χ1v) is 8.20. The van der Waals surface area contributed by atoms with Crippen LogP contribution in [-0.2, 0) is 10.8 Å². The van der Waals surface area contributed by atoms with Crippen molar-refractivity contribution in [1.82, 2.24) is 4.98 Å². The number of nitrogens with zero attached hydrogens (tertiary/aromatic N) is 2. The van der Waals surface area contributed by atoms with Gasteiger partial charge in [0.25, 0.3) is 0 Å². The SMILES string of the molecule is Nc1ccc(N2CCS(=O)CC2)nc1OCC1CC1. The number of anilines is 2. The zero-order valence-corrected chi connectivity index (χ0v) is 11.7. The Kier molecular flexibility index (Phi) is 3.59. The van der Waals surface area contributed by atoms with Crippen LogP contribution in [-0.4, -0.2) is 40.4 Å². The fraction of sp³-hybridized carbons (Fsp3) is 0.615. The van der Waals surface area contributed by atoms with Gasteiger partial charge in [-0.3, -0.25) is 4.21 Å². The van der Waals surface area contributed by atoms with Crippen molar-refractivity contribution in [3.8, 4) is 5.88 Å². The van der Waals surface area contributed by atoms with Gasteiger partial charge in [0.15, 0.2) is 0 Å². The van der Waals surface area contributed by atoms with E-state index in [1.807, 2.05) is 12.1 Å². The fourth-order valence-corrected chi connectivity index (χ4v) is 3.13. The van der Waals surface area contributed by atoms with E-state index in [0.29, 0.717) is 35.6 Å². The minimum absolute atomic E-state index is 0.538. The lowest BCUT2D eigenvalue weighted by Gasteiger charge is -2.27. The van der Waals surface area contributed by atoms with Crippen LogP contribution in [0.5, 0.6) is 5.88 Å². The summed E-state index contributed by atoms with van der Waals surface area (Å²) in [5, 5.41) is 0. The summed E-state index contributed by atoms with van der Waals surface area (Å²) in [5.41, 5.74) is 6.48. The van der Waals surface area contributed by atoms with Crippen LogP contribution in [0, 0.1) is 5.92 Å². The molecule has 3 rings (SSSR count). The maximum Gasteiger partial charge on any atom is 0.239 e. The summed E-state index contributed by atoms with van der Waals surface area (Å²) < 4.78 is 17.1. The highest BCUT2D eigenvalue weighted by Gasteiger charge is 2.23. The second kappa shape index (κ2) is 5.36. The number of hydrogen-bond acceptors (Lipinski definition) is 5. The lowest BCUT2D eigenvalue weighted by molar-refractivity contribution is 0.290. The third-order valence-corrected chi connectivity index (χ3v) is 4.81. The molecule has 0 radical (unpaired) electrons. The predicted molar refractivity (Wildman–Crippen MR) is 77.0 cm³/mol. The van der Waals surface area contributed by atoms with Crippen LogP contribution in [0.15, 0.2) is 12.1 Å². The van der Waals surface area contributed by atoms with Crippen LogP contribution in [0.1, 0.15) is 12.8 Å². The monoisotopic (exact) mass is 281 g/mol. The van der Waals surface area contributed by atoms with Crippen molar-refractivity contribution in [3.63, 3.8) is 0 Å². The molecule has 104 valence electrons. The maximum absolute atomic E-state index is 11.4. The molecule has 6 heteroatoms. The van der Waals surface area contributed by atoms with Crippen LogP contribution >= 0.6 is 0 Å². The highest BCUT2D eigenvalue weighted by molar-refractivity contribution is 7.85. The van der Waals surface area contributed by atoms with Crippen LogP contribution < -0.4 is 15.4 Å². The van der Waals surface area contributed by atoms with E-state index in [1.165, 1.54) is 12.8 Å². The molecule has 0 atom stereocenters. The molecule has 2 N–H and O–H groups in total. The van der Waals surface area contributed by atoms with Crippen molar-refractivity contribution >= 4 is 22.3 Å². The first kappa shape index (κ1) is 12.7. The van der Waals surface area contributed by atoms with Crippen LogP contribution in [0.25, 0.3) is 0 Å². The van der Waals surface area contributed by atoms with Gasteiger partial charge in [0, 0.05) is 35.4 Å². The van der Waals surface area contributed by atoms with Crippen molar-refractivity contribution in [2.75, 3.05) is 41.8 Å². The van der Waals surface area contributed by atoms with E-state index >= 15 is 0 Å². The largest absolute Gasteiger partial charge is 0.476 e. The average Bonchev–Trinajstić information content (AvgIpc) is 3.23. The van der Waals surface area contributed by atoms with E-state index in [1.54, 1.807) is 0 Å². The Balaban J connectivity index is 1.70. The lowest BCUT2D eigenvalue weighted by atomic mass is 10.3. The molecule has 1 saturated carbocycles. The van der Waals surface area contributed by atoms with Crippen molar-refractivity contribution in [3.05, 3.63) is 12.1 Å². The number of nitrogens with two attached hydrogens (primary N) is 1. The minimum Gasteiger partial charge on any atom is -0.476 e. The number of aromatic nitrogens is 1.